The van der Waals surface area contributed by atoms with Crippen LogP contribution in [0.4, 0.5) is 5.69 Å². The third-order valence-electron chi connectivity index (χ3n) is 4.74. The lowest BCUT2D eigenvalue weighted by atomic mass is 9.89. The van der Waals surface area contributed by atoms with Crippen LogP contribution < -0.4 is 4.90 Å². The standard InChI is InChI=1S/C21H16ClNO4/c22-16-8-3-1-6-14(16)13-23-17-9-4-2-7-15(17)21(26,20(23)25)12-18(24)19-10-5-11-27-19/h1-11,26H,12-13H2/t21-/m1/s1. The summed E-state index contributed by atoms with van der Waals surface area (Å²) < 4.78 is 5.11. The largest absolute Gasteiger partial charge is 0.461 e. The Hall–Kier alpha value is -2.89. The van der Waals surface area contributed by atoms with Crippen molar-refractivity contribution in [2.75, 3.05) is 4.90 Å². The van der Waals surface area contributed by atoms with Gasteiger partial charge in [-0.15, -0.1) is 0 Å². The number of para-hydroxylation sites is 1. The Kier molecular flexibility index (Phi) is 4.34. The molecule has 0 fully saturated rings. The first-order valence-electron chi connectivity index (χ1n) is 8.44. The van der Waals surface area contributed by atoms with Crippen molar-refractivity contribution >= 4 is 29.0 Å². The molecule has 1 atom stereocenters. The Labute approximate surface area is 160 Å². The molecule has 2 aromatic carbocycles. The van der Waals surface area contributed by atoms with Crippen LogP contribution >= 0.6 is 11.6 Å². The number of rotatable bonds is 5. The number of nitrogens with zero attached hydrogens (tertiary/aromatic N) is 1. The Balaban J connectivity index is 1.71. The van der Waals surface area contributed by atoms with Crippen molar-refractivity contribution in [3.63, 3.8) is 0 Å². The van der Waals surface area contributed by atoms with Crippen molar-refractivity contribution in [2.45, 2.75) is 18.6 Å². The second-order valence-electron chi connectivity index (χ2n) is 6.44. The number of hydrogen-bond donors (Lipinski definition) is 1. The number of Topliss-reactive ketones (excluding diaryl/α,β-unsaturated/α-hetero) is 1. The summed E-state index contributed by atoms with van der Waals surface area (Å²) in [6.45, 7) is 0.201. The molecule has 0 bridgehead atoms. The quantitative estimate of drug-likeness (QED) is 0.679. The van der Waals surface area contributed by atoms with Crippen LogP contribution in [0.25, 0.3) is 0 Å². The number of ketones is 1. The Morgan fingerprint density at radius 2 is 1.81 bits per heavy atom. The van der Waals surface area contributed by atoms with Gasteiger partial charge in [-0.25, -0.2) is 0 Å². The second kappa shape index (κ2) is 6.68. The molecular formula is C21H16ClNO4. The van der Waals surface area contributed by atoms with E-state index < -0.39 is 23.7 Å². The van der Waals surface area contributed by atoms with Crippen LogP contribution in [0, 0.1) is 0 Å². The van der Waals surface area contributed by atoms with Crippen LogP contribution in [0.2, 0.25) is 5.02 Å². The summed E-state index contributed by atoms with van der Waals surface area (Å²) in [6, 6.07) is 17.2. The minimum Gasteiger partial charge on any atom is -0.461 e. The summed E-state index contributed by atoms with van der Waals surface area (Å²) in [5.74, 6) is -0.882. The van der Waals surface area contributed by atoms with E-state index in [0.29, 0.717) is 16.3 Å². The predicted molar refractivity (Wildman–Crippen MR) is 101 cm³/mol. The van der Waals surface area contributed by atoms with Gasteiger partial charge in [0, 0.05) is 10.6 Å². The van der Waals surface area contributed by atoms with Gasteiger partial charge in [-0.1, -0.05) is 48.0 Å². The molecule has 0 aliphatic carbocycles. The van der Waals surface area contributed by atoms with E-state index in [4.69, 9.17) is 16.0 Å². The van der Waals surface area contributed by atoms with E-state index in [0.717, 1.165) is 5.56 Å². The highest BCUT2D eigenvalue weighted by Crippen LogP contribution is 2.43. The van der Waals surface area contributed by atoms with Gasteiger partial charge < -0.3 is 14.4 Å². The minimum atomic E-state index is -1.94. The highest BCUT2D eigenvalue weighted by molar-refractivity contribution is 6.31. The van der Waals surface area contributed by atoms with Gasteiger partial charge in [0.2, 0.25) is 5.78 Å². The zero-order chi connectivity index (χ0) is 19.0. The van der Waals surface area contributed by atoms with Crippen molar-refractivity contribution in [3.05, 3.63) is 88.8 Å². The molecule has 27 heavy (non-hydrogen) atoms. The average molecular weight is 382 g/mol. The SMILES string of the molecule is O=C(C[C@]1(O)C(=O)N(Cc2ccccc2Cl)c2ccccc21)c1ccco1. The van der Waals surface area contributed by atoms with Gasteiger partial charge in [-0.3, -0.25) is 9.59 Å². The van der Waals surface area contributed by atoms with E-state index in [1.165, 1.54) is 17.2 Å². The van der Waals surface area contributed by atoms with Crippen LogP contribution in [0.1, 0.15) is 28.1 Å². The molecule has 0 saturated carbocycles. The molecule has 0 radical (unpaired) electrons. The Morgan fingerprint density at radius 3 is 2.56 bits per heavy atom. The molecule has 2 heterocycles. The van der Waals surface area contributed by atoms with Crippen molar-refractivity contribution in [1.82, 2.24) is 0 Å². The second-order valence-corrected chi connectivity index (χ2v) is 6.84. The van der Waals surface area contributed by atoms with E-state index in [-0.39, 0.29) is 12.3 Å². The number of fused-ring (bicyclic) bond motifs is 1. The maximum Gasteiger partial charge on any atom is 0.264 e. The molecule has 0 spiro atoms. The maximum absolute atomic E-state index is 13.2. The van der Waals surface area contributed by atoms with E-state index in [1.807, 2.05) is 18.2 Å². The van der Waals surface area contributed by atoms with Crippen molar-refractivity contribution in [2.24, 2.45) is 0 Å². The lowest BCUT2D eigenvalue weighted by molar-refractivity contribution is -0.136. The van der Waals surface area contributed by atoms with Crippen molar-refractivity contribution in [3.8, 4) is 0 Å². The fourth-order valence-electron chi connectivity index (χ4n) is 3.39. The highest BCUT2D eigenvalue weighted by atomic mass is 35.5. The smallest absolute Gasteiger partial charge is 0.264 e. The zero-order valence-corrected chi connectivity index (χ0v) is 15.0. The molecule has 1 N–H and O–H groups in total. The molecule has 1 aliphatic heterocycles. The maximum atomic E-state index is 13.2. The number of halogens is 1. The normalized spacial score (nSPS) is 18.6. The van der Waals surface area contributed by atoms with Crippen LogP contribution in [-0.4, -0.2) is 16.8 Å². The van der Waals surface area contributed by atoms with E-state index in [2.05, 4.69) is 0 Å². The molecule has 1 aliphatic rings. The van der Waals surface area contributed by atoms with Gasteiger partial charge in [-0.05, 0) is 29.8 Å². The molecule has 3 aromatic rings. The van der Waals surface area contributed by atoms with Gasteiger partial charge in [-0.2, -0.15) is 0 Å². The first-order chi connectivity index (χ1) is 13.0. The molecule has 1 amide bonds. The van der Waals surface area contributed by atoms with Gasteiger partial charge in [0.1, 0.15) is 0 Å². The van der Waals surface area contributed by atoms with Crippen LogP contribution in [0.5, 0.6) is 0 Å². The molecule has 136 valence electrons. The van der Waals surface area contributed by atoms with E-state index in [1.54, 1.807) is 36.4 Å². The molecule has 0 unspecified atom stereocenters. The third kappa shape index (κ3) is 2.95. The van der Waals surface area contributed by atoms with Crippen molar-refractivity contribution in [1.29, 1.82) is 0 Å². The summed E-state index contributed by atoms with van der Waals surface area (Å²) in [6.07, 6.45) is 0.987. The van der Waals surface area contributed by atoms with E-state index in [9.17, 15) is 14.7 Å². The lowest BCUT2D eigenvalue weighted by Gasteiger charge is -2.22. The number of aliphatic hydroxyl groups is 1. The summed E-state index contributed by atoms with van der Waals surface area (Å²) in [5, 5.41) is 11.7. The molecule has 4 rings (SSSR count). The number of amides is 1. The molecule has 0 saturated heterocycles. The number of anilines is 1. The fourth-order valence-corrected chi connectivity index (χ4v) is 3.58. The van der Waals surface area contributed by atoms with Crippen LogP contribution in [0.15, 0.2) is 71.3 Å². The van der Waals surface area contributed by atoms with Crippen LogP contribution in [-0.2, 0) is 16.9 Å². The summed E-state index contributed by atoms with van der Waals surface area (Å²) in [7, 11) is 0. The minimum absolute atomic E-state index is 0.109. The van der Waals surface area contributed by atoms with Gasteiger partial charge in [0.15, 0.2) is 11.4 Å². The molecule has 1 aromatic heterocycles. The third-order valence-corrected chi connectivity index (χ3v) is 5.11. The lowest BCUT2D eigenvalue weighted by Crippen LogP contribution is -2.41. The van der Waals surface area contributed by atoms with Gasteiger partial charge >= 0.3 is 0 Å². The number of benzene rings is 2. The number of carbonyl (C=O) groups is 2. The fraction of sp³-hybridized carbons (Fsp3) is 0.143. The number of hydrogen-bond acceptors (Lipinski definition) is 4. The topological polar surface area (TPSA) is 70.8 Å². The number of furan rings is 1. The first kappa shape index (κ1) is 17.5. The summed E-state index contributed by atoms with van der Waals surface area (Å²) in [5.41, 5.74) is -0.218. The summed E-state index contributed by atoms with van der Waals surface area (Å²) in [4.78, 5) is 27.1. The van der Waals surface area contributed by atoms with Gasteiger partial charge in [0.25, 0.3) is 5.91 Å². The van der Waals surface area contributed by atoms with Crippen molar-refractivity contribution < 1.29 is 19.1 Å². The Morgan fingerprint density at radius 1 is 1.07 bits per heavy atom. The van der Waals surface area contributed by atoms with Gasteiger partial charge in [0.05, 0.1) is 24.9 Å². The first-order valence-corrected chi connectivity index (χ1v) is 8.82. The molecular weight excluding hydrogens is 366 g/mol. The van der Waals surface area contributed by atoms with Crippen LogP contribution in [0.3, 0.4) is 0 Å². The summed E-state index contributed by atoms with van der Waals surface area (Å²) >= 11 is 6.23. The average Bonchev–Trinajstić information content (AvgIpc) is 3.27. The number of carbonyl (C=O) groups excluding carboxylic acids is 2. The molecule has 5 nitrogen and oxygen atoms in total. The highest BCUT2D eigenvalue weighted by Gasteiger charge is 2.51. The zero-order valence-electron chi connectivity index (χ0n) is 14.3. The monoisotopic (exact) mass is 381 g/mol. The van der Waals surface area contributed by atoms with E-state index >= 15 is 0 Å². The molecule has 6 heteroatoms. The predicted octanol–water partition coefficient (Wildman–Crippen LogP) is 3.94. The Bertz CT molecular complexity index is 1010.